The number of nitrogens with zero attached hydrogens (tertiary/aromatic N) is 1. The predicted molar refractivity (Wildman–Crippen MR) is 105 cm³/mol. The number of hydrogen-bond donors (Lipinski definition) is 0. The van der Waals surface area contributed by atoms with Crippen molar-refractivity contribution in [1.82, 2.24) is 0 Å². The Hall–Kier alpha value is -2.73. The van der Waals surface area contributed by atoms with Gasteiger partial charge >= 0.3 is 0 Å². The van der Waals surface area contributed by atoms with Crippen LogP contribution < -0.4 is 0 Å². The SMILES string of the molecule is CCC[C@@H]1Cc2ccc3cc(-c4ccc(C#N)c(F)c4)ccc3c2C[C@H]1F. The molecule has 0 radical (unpaired) electrons. The van der Waals surface area contributed by atoms with Crippen LogP contribution in [0.15, 0.2) is 48.5 Å². The second kappa shape index (κ2) is 7.12. The number of hydrogen-bond acceptors (Lipinski definition) is 1. The molecule has 0 unspecified atom stereocenters. The molecule has 0 bridgehead atoms. The van der Waals surface area contributed by atoms with E-state index in [1.807, 2.05) is 24.3 Å². The van der Waals surface area contributed by atoms with Gasteiger partial charge in [0.1, 0.15) is 18.1 Å². The molecule has 3 aromatic rings. The fourth-order valence-electron chi connectivity index (χ4n) is 4.26. The van der Waals surface area contributed by atoms with Crippen LogP contribution >= 0.6 is 0 Å². The first-order valence-corrected chi connectivity index (χ1v) is 9.49. The van der Waals surface area contributed by atoms with Crippen LogP contribution in [0.3, 0.4) is 0 Å². The maximum absolute atomic E-state index is 14.6. The topological polar surface area (TPSA) is 23.8 Å². The van der Waals surface area contributed by atoms with Crippen molar-refractivity contribution >= 4 is 10.8 Å². The summed E-state index contributed by atoms with van der Waals surface area (Å²) in [5.41, 5.74) is 4.04. The highest BCUT2D eigenvalue weighted by Gasteiger charge is 2.28. The lowest BCUT2D eigenvalue weighted by molar-refractivity contribution is 0.202. The Bertz CT molecular complexity index is 1050. The number of rotatable bonds is 3. The zero-order chi connectivity index (χ0) is 19.0. The molecule has 0 fully saturated rings. The highest BCUT2D eigenvalue weighted by Crippen LogP contribution is 2.36. The molecule has 3 heteroatoms. The summed E-state index contributed by atoms with van der Waals surface area (Å²) >= 11 is 0. The zero-order valence-electron chi connectivity index (χ0n) is 15.3. The monoisotopic (exact) mass is 361 g/mol. The Morgan fingerprint density at radius 3 is 2.56 bits per heavy atom. The van der Waals surface area contributed by atoms with Crippen LogP contribution in [-0.2, 0) is 12.8 Å². The molecule has 0 saturated carbocycles. The van der Waals surface area contributed by atoms with E-state index in [0.29, 0.717) is 6.42 Å². The van der Waals surface area contributed by atoms with E-state index in [1.165, 1.54) is 17.7 Å². The summed E-state index contributed by atoms with van der Waals surface area (Å²) in [4.78, 5) is 0. The first-order valence-electron chi connectivity index (χ1n) is 9.49. The Labute approximate surface area is 158 Å². The van der Waals surface area contributed by atoms with Crippen LogP contribution in [-0.4, -0.2) is 6.17 Å². The molecule has 1 aliphatic rings. The van der Waals surface area contributed by atoms with Crippen LogP contribution in [0, 0.1) is 23.1 Å². The molecule has 1 aliphatic carbocycles. The predicted octanol–water partition coefficient (Wildman–Crippen LogP) is 6.37. The highest BCUT2D eigenvalue weighted by molar-refractivity contribution is 5.91. The molecule has 0 amide bonds. The minimum atomic E-state index is -0.782. The average molecular weight is 361 g/mol. The number of halogens is 2. The minimum absolute atomic E-state index is 0.0456. The third kappa shape index (κ3) is 3.21. The summed E-state index contributed by atoms with van der Waals surface area (Å²) in [5.74, 6) is -0.386. The van der Waals surface area contributed by atoms with Crippen LogP contribution in [0.25, 0.3) is 21.9 Å². The lowest BCUT2D eigenvalue weighted by Gasteiger charge is -2.29. The van der Waals surface area contributed by atoms with E-state index in [2.05, 4.69) is 19.1 Å². The molecule has 1 nitrogen and oxygen atoms in total. The zero-order valence-corrected chi connectivity index (χ0v) is 15.3. The number of alkyl halides is 1. The van der Waals surface area contributed by atoms with Gasteiger partial charge in [0.15, 0.2) is 0 Å². The van der Waals surface area contributed by atoms with Crippen molar-refractivity contribution in [2.45, 2.75) is 38.8 Å². The van der Waals surface area contributed by atoms with E-state index in [9.17, 15) is 8.78 Å². The minimum Gasteiger partial charge on any atom is -0.247 e. The molecule has 2 atom stereocenters. The van der Waals surface area contributed by atoms with Crippen molar-refractivity contribution in [3.8, 4) is 17.2 Å². The second-order valence-electron chi connectivity index (χ2n) is 7.42. The fraction of sp³-hybridized carbons (Fsp3) is 0.292. The number of nitriles is 1. The summed E-state index contributed by atoms with van der Waals surface area (Å²) in [6.07, 6.45) is 2.45. The largest absolute Gasteiger partial charge is 0.247 e. The van der Waals surface area contributed by atoms with E-state index in [1.54, 1.807) is 6.07 Å². The van der Waals surface area contributed by atoms with Crippen LogP contribution in [0.2, 0.25) is 0 Å². The molecule has 0 heterocycles. The molecule has 0 aromatic heterocycles. The van der Waals surface area contributed by atoms with Gasteiger partial charge in [-0.05, 0) is 70.0 Å². The maximum atomic E-state index is 14.6. The Kier molecular flexibility index (Phi) is 4.66. The lowest BCUT2D eigenvalue weighted by atomic mass is 9.78. The highest BCUT2D eigenvalue weighted by atomic mass is 19.1. The van der Waals surface area contributed by atoms with Crippen LogP contribution in [0.4, 0.5) is 8.78 Å². The van der Waals surface area contributed by atoms with E-state index < -0.39 is 12.0 Å². The molecule has 0 aliphatic heterocycles. The molecular formula is C24H21F2N. The van der Waals surface area contributed by atoms with E-state index in [-0.39, 0.29) is 11.5 Å². The van der Waals surface area contributed by atoms with Gasteiger partial charge in [0.2, 0.25) is 0 Å². The van der Waals surface area contributed by atoms with Crippen molar-refractivity contribution in [1.29, 1.82) is 5.26 Å². The van der Waals surface area contributed by atoms with Gasteiger partial charge in [-0.2, -0.15) is 5.26 Å². The number of fused-ring (bicyclic) bond motifs is 3. The summed E-state index contributed by atoms with van der Waals surface area (Å²) in [5, 5.41) is 11.0. The van der Waals surface area contributed by atoms with Gasteiger partial charge in [-0.15, -0.1) is 0 Å². The van der Waals surface area contributed by atoms with Crippen molar-refractivity contribution in [2.75, 3.05) is 0 Å². The summed E-state index contributed by atoms with van der Waals surface area (Å²) < 4.78 is 28.6. The normalized spacial score (nSPS) is 18.9. The standard InChI is InChI=1S/C24H21F2N/c1-2-3-19-11-18-6-5-17-10-15(8-9-21(17)22(18)13-24(19)26)16-4-7-20(14-27)23(25)12-16/h4-10,12,19,24H,2-3,11,13H2,1H3/t19-,24-/m1/s1. The quantitative estimate of drug-likeness (QED) is 0.532. The molecule has 136 valence electrons. The summed E-state index contributed by atoms with van der Waals surface area (Å²) in [6.45, 7) is 2.11. The van der Waals surface area contributed by atoms with Gasteiger partial charge in [0, 0.05) is 6.42 Å². The van der Waals surface area contributed by atoms with Crippen molar-refractivity contribution in [3.05, 3.63) is 71.0 Å². The Balaban J connectivity index is 1.74. The fourth-order valence-corrected chi connectivity index (χ4v) is 4.26. The van der Waals surface area contributed by atoms with Gasteiger partial charge in [-0.1, -0.05) is 43.7 Å². The smallest absolute Gasteiger partial charge is 0.141 e. The van der Waals surface area contributed by atoms with Crippen molar-refractivity contribution in [3.63, 3.8) is 0 Å². The van der Waals surface area contributed by atoms with Gasteiger partial charge in [-0.3, -0.25) is 0 Å². The van der Waals surface area contributed by atoms with E-state index in [4.69, 9.17) is 5.26 Å². The van der Waals surface area contributed by atoms with Gasteiger partial charge in [0.05, 0.1) is 5.56 Å². The molecule has 27 heavy (non-hydrogen) atoms. The lowest BCUT2D eigenvalue weighted by Crippen LogP contribution is -2.26. The van der Waals surface area contributed by atoms with Gasteiger partial charge in [0.25, 0.3) is 0 Å². The maximum Gasteiger partial charge on any atom is 0.141 e. The van der Waals surface area contributed by atoms with Crippen molar-refractivity contribution in [2.24, 2.45) is 5.92 Å². The molecule has 0 saturated heterocycles. The van der Waals surface area contributed by atoms with E-state index >= 15 is 0 Å². The number of benzene rings is 3. The molecular weight excluding hydrogens is 340 g/mol. The van der Waals surface area contributed by atoms with E-state index in [0.717, 1.165) is 46.7 Å². The molecule has 4 rings (SSSR count). The Morgan fingerprint density at radius 2 is 1.81 bits per heavy atom. The molecule has 3 aromatic carbocycles. The van der Waals surface area contributed by atoms with Crippen molar-refractivity contribution < 1.29 is 8.78 Å². The van der Waals surface area contributed by atoms with Gasteiger partial charge < -0.3 is 0 Å². The third-order valence-corrected chi connectivity index (χ3v) is 5.70. The first-order chi connectivity index (χ1) is 13.1. The van der Waals surface area contributed by atoms with Crippen LogP contribution in [0.5, 0.6) is 0 Å². The Morgan fingerprint density at radius 1 is 1.04 bits per heavy atom. The average Bonchev–Trinajstić information content (AvgIpc) is 2.68. The molecule has 0 N–H and O–H groups in total. The summed E-state index contributed by atoms with van der Waals surface area (Å²) in [6, 6.07) is 16.7. The molecule has 0 spiro atoms. The first kappa shape index (κ1) is 17.7. The second-order valence-corrected chi connectivity index (χ2v) is 7.42. The summed E-state index contributed by atoms with van der Waals surface area (Å²) in [7, 11) is 0. The van der Waals surface area contributed by atoms with Crippen LogP contribution in [0.1, 0.15) is 36.5 Å². The third-order valence-electron chi connectivity index (χ3n) is 5.70. The van der Waals surface area contributed by atoms with Gasteiger partial charge in [-0.25, -0.2) is 8.78 Å².